The summed E-state index contributed by atoms with van der Waals surface area (Å²) in [5.41, 5.74) is -1.80. The predicted molar refractivity (Wildman–Crippen MR) is 130 cm³/mol. The molecule has 1 spiro atoms. The molecule has 5 aliphatic carbocycles. The first kappa shape index (κ1) is 23.2. The molecule has 1 aliphatic heterocycles. The molecule has 5 nitrogen and oxygen atoms in total. The number of ether oxygens (including phenoxy) is 1. The van der Waals surface area contributed by atoms with Gasteiger partial charge in [0.25, 0.3) is 0 Å². The van der Waals surface area contributed by atoms with Gasteiger partial charge in [0, 0.05) is 22.7 Å². The average Bonchev–Trinajstić information content (AvgIpc) is 2.98. The molecule has 0 unspecified atom stereocenters. The number of hydrogen-bond acceptors (Lipinski definition) is 5. The van der Waals surface area contributed by atoms with E-state index >= 15 is 0 Å². The number of rotatable bonds is 0. The van der Waals surface area contributed by atoms with Crippen molar-refractivity contribution in [3.8, 4) is 6.07 Å². The van der Waals surface area contributed by atoms with Gasteiger partial charge in [-0.25, -0.2) is 0 Å². The van der Waals surface area contributed by atoms with Crippen molar-refractivity contribution >= 4 is 17.5 Å². The second-order valence-corrected chi connectivity index (χ2v) is 14.0. The molecule has 5 heteroatoms. The van der Waals surface area contributed by atoms with E-state index in [1.54, 1.807) is 6.08 Å². The van der Waals surface area contributed by atoms with Gasteiger partial charge in [-0.15, -0.1) is 0 Å². The van der Waals surface area contributed by atoms with Crippen molar-refractivity contribution in [2.45, 2.75) is 92.1 Å². The number of allylic oxidation sites excluding steroid dienone is 3. The minimum atomic E-state index is -1.13. The third-order valence-electron chi connectivity index (χ3n) is 12.3. The highest BCUT2D eigenvalue weighted by molar-refractivity contribution is 6.06. The molecule has 0 aromatic rings. The number of carbonyl (C=O) groups excluding carboxylic acids is 3. The van der Waals surface area contributed by atoms with Crippen LogP contribution in [0.5, 0.6) is 0 Å². The fourth-order valence-corrected chi connectivity index (χ4v) is 10.1. The first-order chi connectivity index (χ1) is 16.2. The Bertz CT molecular complexity index is 1200. The van der Waals surface area contributed by atoms with Gasteiger partial charge in [-0.2, -0.15) is 5.26 Å². The Hall–Kier alpha value is -2.22. The molecule has 186 valence electrons. The van der Waals surface area contributed by atoms with E-state index in [0.29, 0.717) is 0 Å². The van der Waals surface area contributed by atoms with Crippen molar-refractivity contribution in [1.82, 2.24) is 0 Å². The van der Waals surface area contributed by atoms with Crippen molar-refractivity contribution in [1.29, 1.82) is 5.26 Å². The van der Waals surface area contributed by atoms with E-state index in [2.05, 4.69) is 40.7 Å². The summed E-state index contributed by atoms with van der Waals surface area (Å²) in [6.45, 7) is 13.0. The Morgan fingerprint density at radius 1 is 1.00 bits per heavy atom. The van der Waals surface area contributed by atoms with Crippen LogP contribution in [-0.2, 0) is 19.1 Å². The summed E-state index contributed by atoms with van der Waals surface area (Å²) in [6, 6.07) is 2.13. The summed E-state index contributed by atoms with van der Waals surface area (Å²) in [7, 11) is 0. The molecule has 0 aromatic carbocycles. The quantitative estimate of drug-likeness (QED) is 0.432. The lowest BCUT2D eigenvalue weighted by molar-refractivity contribution is -0.205. The van der Waals surface area contributed by atoms with E-state index in [1.165, 1.54) is 0 Å². The number of fused-ring (bicyclic) bond motifs is 4. The molecule has 0 amide bonds. The van der Waals surface area contributed by atoms with Gasteiger partial charge in [0.1, 0.15) is 6.07 Å². The number of ketones is 2. The Kier molecular flexibility index (Phi) is 4.22. The maximum atomic E-state index is 14.4. The van der Waals surface area contributed by atoms with Crippen LogP contribution >= 0.6 is 0 Å². The van der Waals surface area contributed by atoms with Crippen molar-refractivity contribution in [2.75, 3.05) is 0 Å². The van der Waals surface area contributed by atoms with Crippen molar-refractivity contribution in [2.24, 2.45) is 44.8 Å². The van der Waals surface area contributed by atoms with Gasteiger partial charge in [0.15, 0.2) is 17.2 Å². The number of nitriles is 1. The maximum Gasteiger partial charge on any atom is 0.313 e. The van der Waals surface area contributed by atoms with Gasteiger partial charge in [-0.1, -0.05) is 47.6 Å². The molecule has 8 atom stereocenters. The predicted octanol–water partition coefficient (Wildman–Crippen LogP) is 5.50. The number of nitrogens with zero attached hydrogens (tertiary/aromatic N) is 1. The highest BCUT2D eigenvalue weighted by Crippen LogP contribution is 2.78. The molecule has 35 heavy (non-hydrogen) atoms. The minimum absolute atomic E-state index is 0.0549. The molecule has 6 aliphatic rings. The maximum absolute atomic E-state index is 14.4. The lowest BCUT2D eigenvalue weighted by atomic mass is 9.34. The van der Waals surface area contributed by atoms with Crippen LogP contribution in [0.25, 0.3) is 0 Å². The summed E-state index contributed by atoms with van der Waals surface area (Å²) in [5, 5.41) is 9.74. The summed E-state index contributed by atoms with van der Waals surface area (Å²) in [6.07, 6.45) is 9.51. The summed E-state index contributed by atoms with van der Waals surface area (Å²) in [5.74, 6) is -0.608. The highest BCUT2D eigenvalue weighted by Gasteiger charge is 2.82. The molecule has 6 rings (SSSR count). The normalized spacial score (nSPS) is 51.6. The van der Waals surface area contributed by atoms with Gasteiger partial charge < -0.3 is 4.74 Å². The molecule has 1 heterocycles. The molecular weight excluding hydrogens is 438 g/mol. The fourth-order valence-electron chi connectivity index (χ4n) is 10.1. The molecule has 3 saturated carbocycles. The Morgan fingerprint density at radius 2 is 1.69 bits per heavy atom. The number of Topliss-reactive ketones (excluding diaryl/α,β-unsaturated/α-hetero) is 1. The van der Waals surface area contributed by atoms with Crippen LogP contribution in [0.3, 0.4) is 0 Å². The summed E-state index contributed by atoms with van der Waals surface area (Å²) >= 11 is 0. The van der Waals surface area contributed by atoms with E-state index in [1.807, 2.05) is 13.0 Å². The molecule has 4 fully saturated rings. The molecule has 1 saturated heterocycles. The van der Waals surface area contributed by atoms with Crippen LogP contribution in [0.1, 0.15) is 86.5 Å². The van der Waals surface area contributed by atoms with Crippen molar-refractivity contribution in [3.63, 3.8) is 0 Å². The summed E-state index contributed by atoms with van der Waals surface area (Å²) < 4.78 is 6.43. The van der Waals surface area contributed by atoms with Crippen molar-refractivity contribution < 1.29 is 19.1 Å². The topological polar surface area (TPSA) is 84.2 Å². The van der Waals surface area contributed by atoms with E-state index in [9.17, 15) is 19.6 Å². The zero-order chi connectivity index (χ0) is 25.4. The van der Waals surface area contributed by atoms with Crippen LogP contribution in [0.15, 0.2) is 23.3 Å². The average molecular weight is 476 g/mol. The molecule has 2 bridgehead atoms. The number of hydrogen-bond donors (Lipinski definition) is 0. The van der Waals surface area contributed by atoms with Gasteiger partial charge in [0.05, 0.1) is 11.0 Å². The fraction of sp³-hybridized carbons (Fsp3) is 0.733. The van der Waals surface area contributed by atoms with E-state index in [0.717, 1.165) is 50.5 Å². The zero-order valence-corrected chi connectivity index (χ0v) is 21.9. The van der Waals surface area contributed by atoms with Crippen LogP contribution in [0.4, 0.5) is 0 Å². The third-order valence-corrected chi connectivity index (χ3v) is 12.3. The van der Waals surface area contributed by atoms with Gasteiger partial charge in [-0.05, 0) is 73.3 Å². The monoisotopic (exact) mass is 475 g/mol. The Morgan fingerprint density at radius 3 is 2.37 bits per heavy atom. The number of carbonyl (C=O) groups is 3. The molecule has 0 radical (unpaired) electrons. The number of esters is 1. The highest BCUT2D eigenvalue weighted by atomic mass is 16.6. The second-order valence-electron chi connectivity index (χ2n) is 14.0. The summed E-state index contributed by atoms with van der Waals surface area (Å²) in [4.78, 5) is 40.9. The van der Waals surface area contributed by atoms with E-state index in [4.69, 9.17) is 4.74 Å². The zero-order valence-electron chi connectivity index (χ0n) is 21.9. The molecule has 0 N–H and O–H groups in total. The third kappa shape index (κ3) is 2.30. The van der Waals surface area contributed by atoms with Crippen LogP contribution < -0.4 is 0 Å². The van der Waals surface area contributed by atoms with Crippen LogP contribution in [-0.4, -0.2) is 23.1 Å². The van der Waals surface area contributed by atoms with Crippen molar-refractivity contribution in [3.05, 3.63) is 23.3 Å². The van der Waals surface area contributed by atoms with Crippen LogP contribution in [0.2, 0.25) is 0 Å². The Labute approximate surface area is 208 Å². The molecular formula is C30H37NO4. The minimum Gasteiger partial charge on any atom is -0.449 e. The Balaban J connectivity index is 1.59. The van der Waals surface area contributed by atoms with Gasteiger partial charge in [-0.3, -0.25) is 14.4 Å². The SMILES string of the molecule is C[C@@H]1C(=O)C(C#N)=C[C@]2(C)C3=CC(=O)[C@]45OC(=O)[C@@]6(CCC(C)(C)C[C@H]64)CC[C@@]5(C)[C@]3(C)CC[C@@H]12. The first-order valence-corrected chi connectivity index (χ1v) is 13.4. The smallest absolute Gasteiger partial charge is 0.313 e. The first-order valence-electron chi connectivity index (χ1n) is 13.4. The van der Waals surface area contributed by atoms with Gasteiger partial charge in [0.2, 0.25) is 0 Å². The second kappa shape index (κ2) is 6.36. The van der Waals surface area contributed by atoms with Crippen LogP contribution in [0, 0.1) is 56.2 Å². The lowest BCUT2D eigenvalue weighted by Gasteiger charge is -2.68. The van der Waals surface area contributed by atoms with Gasteiger partial charge >= 0.3 is 5.97 Å². The standard InChI is InChI=1S/C30H37NO4/c1-17-19-7-8-27(5)20(26(19,4)14-18(16-31)23(17)33)13-22(32)30-21-15-25(2,3)9-11-29(21,24(34)35-30)12-10-28(27,30)6/h13-14,17,19,21H,7-12,15H2,1-6H3/t17-,19-,21+,26-,27+,28-,29-,30+/m0/s1. The van der Waals surface area contributed by atoms with E-state index in [-0.39, 0.29) is 51.7 Å². The van der Waals surface area contributed by atoms with E-state index < -0.39 is 21.8 Å². The largest absolute Gasteiger partial charge is 0.449 e. The molecule has 0 aromatic heterocycles. The lowest BCUT2D eigenvalue weighted by Crippen LogP contribution is -2.71.